The van der Waals surface area contributed by atoms with Crippen LogP contribution in [0.4, 0.5) is 0 Å². The van der Waals surface area contributed by atoms with Crippen LogP contribution in [0.25, 0.3) is 0 Å². The molecule has 1 atom stereocenters. The second-order valence-electron chi connectivity index (χ2n) is 3.95. The Labute approximate surface area is 121 Å². The molecule has 0 bridgehead atoms. The molecule has 3 nitrogen and oxygen atoms in total. The first-order valence-electron chi connectivity index (χ1n) is 5.74. The van der Waals surface area contributed by atoms with Crippen molar-refractivity contribution in [1.82, 2.24) is 10.3 Å². The van der Waals surface area contributed by atoms with E-state index in [9.17, 15) is 4.79 Å². The molecule has 0 aliphatic heterocycles. The van der Waals surface area contributed by atoms with Gasteiger partial charge in [-0.25, -0.2) is 4.98 Å². The summed E-state index contributed by atoms with van der Waals surface area (Å²) in [6.45, 7) is 0. The van der Waals surface area contributed by atoms with E-state index in [1.807, 2.05) is 30.3 Å². The number of hydrogen-bond donors (Lipinski definition) is 1. The topological polar surface area (TPSA) is 42.0 Å². The molecule has 0 aliphatic rings. The van der Waals surface area contributed by atoms with Gasteiger partial charge in [0.15, 0.2) is 0 Å². The average Bonchev–Trinajstić information content (AvgIpc) is 2.46. The number of hydrogen-bond acceptors (Lipinski definition) is 2. The van der Waals surface area contributed by atoms with Gasteiger partial charge in [0, 0.05) is 12.1 Å². The zero-order chi connectivity index (χ0) is 13.7. The molecule has 0 saturated heterocycles. The molecule has 1 heterocycles. The van der Waals surface area contributed by atoms with Crippen LogP contribution in [-0.4, -0.2) is 16.8 Å². The van der Waals surface area contributed by atoms with Crippen LogP contribution in [-0.2, 0) is 0 Å². The molecule has 5 heteroatoms. The van der Waals surface area contributed by atoms with Gasteiger partial charge < -0.3 is 5.32 Å². The average molecular weight is 295 g/mol. The summed E-state index contributed by atoms with van der Waals surface area (Å²) in [5.41, 5.74) is 1.27. The molecule has 1 amide bonds. The van der Waals surface area contributed by atoms with Gasteiger partial charge in [-0.05, 0) is 17.7 Å². The Hall–Kier alpha value is -1.58. The number of rotatable bonds is 4. The summed E-state index contributed by atoms with van der Waals surface area (Å²) in [4.78, 5) is 16.0. The first kappa shape index (κ1) is 13.8. The minimum absolute atomic E-state index is 0.243. The third-order valence-electron chi connectivity index (χ3n) is 2.62. The monoisotopic (exact) mass is 294 g/mol. The molecule has 0 saturated carbocycles. The van der Waals surface area contributed by atoms with Crippen molar-refractivity contribution >= 4 is 29.1 Å². The molecule has 0 radical (unpaired) electrons. The van der Waals surface area contributed by atoms with Crippen molar-refractivity contribution in [3.63, 3.8) is 0 Å². The van der Waals surface area contributed by atoms with Crippen molar-refractivity contribution in [2.24, 2.45) is 0 Å². The third-order valence-corrected chi connectivity index (χ3v) is 3.15. The summed E-state index contributed by atoms with van der Waals surface area (Å²) >= 11 is 11.6. The molecule has 1 unspecified atom stereocenters. The molecule has 0 aliphatic carbocycles. The smallest absolute Gasteiger partial charge is 0.270 e. The molecular formula is C14H12Cl2N2O. The van der Waals surface area contributed by atoms with Crippen LogP contribution >= 0.6 is 23.2 Å². The second-order valence-corrected chi connectivity index (χ2v) is 4.70. The van der Waals surface area contributed by atoms with Gasteiger partial charge in [0.1, 0.15) is 5.69 Å². The standard InChI is InChI=1S/C14H12Cl2N2O/c15-8-13(10-4-2-1-3-5-10)18-14(19)12-7-6-11(16)9-17-12/h1-7,9,13H,8H2,(H,18,19). The lowest BCUT2D eigenvalue weighted by atomic mass is 10.1. The molecule has 19 heavy (non-hydrogen) atoms. The van der Waals surface area contributed by atoms with Crippen LogP contribution in [0.15, 0.2) is 48.7 Å². The fourth-order valence-corrected chi connectivity index (χ4v) is 2.01. The summed E-state index contributed by atoms with van der Waals surface area (Å²) in [6, 6.07) is 12.5. The number of nitrogens with zero attached hydrogens (tertiary/aromatic N) is 1. The lowest BCUT2D eigenvalue weighted by Crippen LogP contribution is -2.30. The number of pyridine rings is 1. The Bertz CT molecular complexity index is 543. The highest BCUT2D eigenvalue weighted by atomic mass is 35.5. The molecule has 1 N–H and O–H groups in total. The van der Waals surface area contributed by atoms with Crippen molar-refractivity contribution in [2.75, 3.05) is 5.88 Å². The maximum Gasteiger partial charge on any atom is 0.270 e. The third kappa shape index (κ3) is 3.69. The fourth-order valence-electron chi connectivity index (χ4n) is 1.64. The van der Waals surface area contributed by atoms with Crippen LogP contribution in [0.2, 0.25) is 5.02 Å². The summed E-state index contributed by atoms with van der Waals surface area (Å²) in [7, 11) is 0. The van der Waals surface area contributed by atoms with E-state index in [-0.39, 0.29) is 11.9 Å². The van der Waals surface area contributed by atoms with Gasteiger partial charge in [-0.15, -0.1) is 11.6 Å². The molecule has 2 aromatic rings. The minimum Gasteiger partial charge on any atom is -0.343 e. The van der Waals surface area contributed by atoms with Crippen molar-refractivity contribution in [2.45, 2.75) is 6.04 Å². The number of halogens is 2. The second kappa shape index (κ2) is 6.55. The van der Waals surface area contributed by atoms with Crippen LogP contribution in [0.5, 0.6) is 0 Å². The van der Waals surface area contributed by atoms with Crippen molar-refractivity contribution in [3.05, 3.63) is 64.9 Å². The summed E-state index contributed by atoms with van der Waals surface area (Å²) in [5.74, 6) is 0.0229. The number of carbonyl (C=O) groups is 1. The van der Waals surface area contributed by atoms with Crippen molar-refractivity contribution in [1.29, 1.82) is 0 Å². The lowest BCUT2D eigenvalue weighted by molar-refractivity contribution is 0.0935. The predicted molar refractivity (Wildman–Crippen MR) is 76.6 cm³/mol. The molecule has 0 spiro atoms. The van der Waals surface area contributed by atoms with Crippen LogP contribution < -0.4 is 5.32 Å². The highest BCUT2D eigenvalue weighted by Gasteiger charge is 2.15. The Kier molecular flexibility index (Phi) is 4.77. The quantitative estimate of drug-likeness (QED) is 0.878. The van der Waals surface area contributed by atoms with Crippen LogP contribution in [0.1, 0.15) is 22.1 Å². The van der Waals surface area contributed by atoms with Gasteiger partial charge in [-0.3, -0.25) is 4.79 Å². The zero-order valence-corrected chi connectivity index (χ0v) is 11.5. The molecule has 0 fully saturated rings. The number of alkyl halides is 1. The number of nitrogens with one attached hydrogen (secondary N) is 1. The first-order valence-corrected chi connectivity index (χ1v) is 6.65. The predicted octanol–water partition coefficient (Wildman–Crippen LogP) is 3.44. The van der Waals surface area contributed by atoms with Gasteiger partial charge in [0.2, 0.25) is 0 Å². The number of aromatic nitrogens is 1. The van der Waals surface area contributed by atoms with Gasteiger partial charge in [-0.1, -0.05) is 41.9 Å². The normalized spacial score (nSPS) is 11.9. The van der Waals surface area contributed by atoms with E-state index >= 15 is 0 Å². The molecule has 1 aromatic heterocycles. The van der Waals surface area contributed by atoms with Gasteiger partial charge >= 0.3 is 0 Å². The fraction of sp³-hybridized carbons (Fsp3) is 0.143. The number of amides is 1. The van der Waals surface area contributed by atoms with E-state index in [1.54, 1.807) is 12.1 Å². The van der Waals surface area contributed by atoms with E-state index in [1.165, 1.54) is 6.20 Å². The van der Waals surface area contributed by atoms with E-state index in [4.69, 9.17) is 23.2 Å². The molecule has 1 aromatic carbocycles. The summed E-state index contributed by atoms with van der Waals surface area (Å²) < 4.78 is 0. The zero-order valence-electron chi connectivity index (χ0n) is 10.0. The van der Waals surface area contributed by atoms with Gasteiger partial charge in [0.05, 0.1) is 11.1 Å². The van der Waals surface area contributed by atoms with E-state index in [2.05, 4.69) is 10.3 Å². The van der Waals surface area contributed by atoms with Crippen molar-refractivity contribution in [3.8, 4) is 0 Å². The van der Waals surface area contributed by atoms with Crippen LogP contribution in [0.3, 0.4) is 0 Å². The van der Waals surface area contributed by atoms with Gasteiger partial charge in [0.25, 0.3) is 5.91 Å². The Morgan fingerprint density at radius 2 is 1.95 bits per heavy atom. The SMILES string of the molecule is O=C(NC(CCl)c1ccccc1)c1ccc(Cl)cn1. The summed E-state index contributed by atoms with van der Waals surface area (Å²) in [6.07, 6.45) is 1.44. The van der Waals surface area contributed by atoms with Crippen LogP contribution in [0, 0.1) is 0 Å². The first-order chi connectivity index (χ1) is 9.20. The Morgan fingerprint density at radius 3 is 2.53 bits per heavy atom. The lowest BCUT2D eigenvalue weighted by Gasteiger charge is -2.16. The highest BCUT2D eigenvalue weighted by Crippen LogP contribution is 2.15. The van der Waals surface area contributed by atoms with Gasteiger partial charge in [-0.2, -0.15) is 0 Å². The largest absolute Gasteiger partial charge is 0.343 e. The van der Waals surface area contributed by atoms with Crippen molar-refractivity contribution < 1.29 is 4.79 Å². The highest BCUT2D eigenvalue weighted by molar-refractivity contribution is 6.30. The maximum absolute atomic E-state index is 12.0. The van der Waals surface area contributed by atoms with E-state index in [0.29, 0.717) is 16.6 Å². The number of benzene rings is 1. The Balaban J connectivity index is 2.10. The molecular weight excluding hydrogens is 283 g/mol. The minimum atomic E-state index is -0.272. The molecule has 2 rings (SSSR count). The molecule has 98 valence electrons. The summed E-state index contributed by atoms with van der Waals surface area (Å²) in [5, 5.41) is 3.34. The Morgan fingerprint density at radius 1 is 1.21 bits per heavy atom. The van der Waals surface area contributed by atoms with E-state index < -0.39 is 0 Å². The maximum atomic E-state index is 12.0. The number of carbonyl (C=O) groups excluding carboxylic acids is 1. The van der Waals surface area contributed by atoms with E-state index in [0.717, 1.165) is 5.56 Å².